The maximum atomic E-state index is 3.52. The lowest BCUT2D eigenvalue weighted by Gasteiger charge is -2.09. The molecule has 1 unspecified atom stereocenters. The molecule has 0 saturated carbocycles. The van der Waals surface area contributed by atoms with E-state index < -0.39 is 0 Å². The molecule has 0 radical (unpaired) electrons. The predicted molar refractivity (Wildman–Crippen MR) is 73.8 cm³/mol. The Morgan fingerprint density at radius 1 is 1.00 bits per heavy atom. The Bertz CT molecular complexity index is 117. The van der Waals surface area contributed by atoms with Crippen molar-refractivity contribution in [1.29, 1.82) is 0 Å². The van der Waals surface area contributed by atoms with Gasteiger partial charge in [0.05, 0.1) is 0 Å². The van der Waals surface area contributed by atoms with Gasteiger partial charge in [0.2, 0.25) is 0 Å². The zero-order valence-corrected chi connectivity index (χ0v) is 11.7. The summed E-state index contributed by atoms with van der Waals surface area (Å²) in [5, 5.41) is 4.28. The first kappa shape index (κ1) is 15.3. The maximum absolute atomic E-state index is 3.52. The number of thioether (sulfide) groups is 1. The third kappa shape index (κ3) is 12.2. The molecule has 0 aromatic rings. The maximum Gasteiger partial charge on any atom is 0.0141 e. The molecule has 0 aliphatic carbocycles. The zero-order chi connectivity index (χ0) is 11.4. The Morgan fingerprint density at radius 3 is 2.20 bits per heavy atom. The minimum atomic E-state index is 0.759. The van der Waals surface area contributed by atoms with Gasteiger partial charge in [-0.3, -0.25) is 0 Å². The molecule has 0 aromatic heterocycles. The molecule has 92 valence electrons. The summed E-state index contributed by atoms with van der Waals surface area (Å²) in [5.41, 5.74) is 0. The molecule has 1 atom stereocenters. The van der Waals surface area contributed by atoms with E-state index >= 15 is 0 Å². The minimum Gasteiger partial charge on any atom is -0.316 e. The Balaban J connectivity index is 2.92. The molecule has 0 rings (SSSR count). The lowest BCUT2D eigenvalue weighted by Crippen LogP contribution is -2.23. The monoisotopic (exact) mass is 231 g/mol. The highest BCUT2D eigenvalue weighted by atomic mass is 32.2. The molecule has 0 heterocycles. The first-order valence-electron chi connectivity index (χ1n) is 6.54. The lowest BCUT2D eigenvalue weighted by atomic mass is 10.1. The largest absolute Gasteiger partial charge is 0.316 e. The third-order valence-corrected chi connectivity index (χ3v) is 3.76. The van der Waals surface area contributed by atoms with E-state index in [0.717, 1.165) is 11.8 Å². The van der Waals surface area contributed by atoms with E-state index in [1.54, 1.807) is 0 Å². The zero-order valence-electron chi connectivity index (χ0n) is 10.8. The molecule has 1 nitrogen and oxygen atoms in total. The van der Waals surface area contributed by atoms with Crippen LogP contribution in [-0.2, 0) is 0 Å². The van der Waals surface area contributed by atoms with E-state index in [2.05, 4.69) is 25.4 Å². The van der Waals surface area contributed by atoms with Crippen molar-refractivity contribution in [3.05, 3.63) is 0 Å². The molecule has 0 amide bonds. The van der Waals surface area contributed by atoms with Crippen LogP contribution in [0.2, 0.25) is 0 Å². The first-order valence-corrected chi connectivity index (χ1v) is 7.83. The second-order valence-corrected chi connectivity index (χ2v) is 5.65. The molecule has 1 N–H and O–H groups in total. The summed E-state index contributed by atoms with van der Waals surface area (Å²) in [7, 11) is 0. The van der Waals surface area contributed by atoms with Gasteiger partial charge in [-0.25, -0.2) is 0 Å². The van der Waals surface area contributed by atoms with E-state index in [-0.39, 0.29) is 0 Å². The van der Waals surface area contributed by atoms with Crippen molar-refractivity contribution in [2.75, 3.05) is 19.3 Å². The molecule has 0 bridgehead atoms. The van der Waals surface area contributed by atoms with E-state index in [0.29, 0.717) is 0 Å². The molecular weight excluding hydrogens is 202 g/mol. The smallest absolute Gasteiger partial charge is 0.0141 e. The van der Waals surface area contributed by atoms with Crippen LogP contribution in [0.1, 0.15) is 58.8 Å². The van der Waals surface area contributed by atoms with Gasteiger partial charge >= 0.3 is 0 Å². The van der Waals surface area contributed by atoms with Gasteiger partial charge < -0.3 is 5.32 Å². The molecule has 2 heteroatoms. The summed E-state index contributed by atoms with van der Waals surface area (Å²) in [5.74, 6) is 0. The van der Waals surface area contributed by atoms with Crippen LogP contribution in [0, 0.1) is 0 Å². The fourth-order valence-corrected chi connectivity index (χ4v) is 1.88. The fourth-order valence-electron chi connectivity index (χ4n) is 1.60. The van der Waals surface area contributed by atoms with Crippen LogP contribution in [0.5, 0.6) is 0 Å². The molecule has 0 fully saturated rings. The molecule has 0 saturated heterocycles. The average molecular weight is 231 g/mol. The molecule has 0 spiro atoms. The van der Waals surface area contributed by atoms with E-state index in [1.165, 1.54) is 51.5 Å². The quantitative estimate of drug-likeness (QED) is 0.538. The van der Waals surface area contributed by atoms with Crippen LogP contribution in [0.4, 0.5) is 0 Å². The fraction of sp³-hybridized carbons (Fsp3) is 1.00. The highest BCUT2D eigenvalue weighted by Gasteiger charge is 1.97. The second kappa shape index (κ2) is 12.4. The van der Waals surface area contributed by atoms with Gasteiger partial charge in [-0.1, -0.05) is 52.4 Å². The van der Waals surface area contributed by atoms with Crippen LogP contribution < -0.4 is 5.32 Å². The van der Waals surface area contributed by atoms with Crippen LogP contribution in [0.3, 0.4) is 0 Å². The summed E-state index contributed by atoms with van der Waals surface area (Å²) in [6.45, 7) is 6.93. The lowest BCUT2D eigenvalue weighted by molar-refractivity contribution is 0.563. The summed E-state index contributed by atoms with van der Waals surface area (Å²) in [4.78, 5) is 0. The number of nitrogens with one attached hydrogen (secondary N) is 1. The van der Waals surface area contributed by atoms with Crippen molar-refractivity contribution in [3.8, 4) is 0 Å². The van der Waals surface area contributed by atoms with E-state index in [9.17, 15) is 0 Å². The van der Waals surface area contributed by atoms with Crippen LogP contribution in [0.15, 0.2) is 0 Å². The Labute approximate surface area is 101 Å². The Hall–Kier alpha value is 0.310. The van der Waals surface area contributed by atoms with Crippen molar-refractivity contribution in [2.24, 2.45) is 0 Å². The highest BCUT2D eigenvalue weighted by Crippen LogP contribution is 2.06. The Morgan fingerprint density at radius 2 is 1.60 bits per heavy atom. The van der Waals surface area contributed by atoms with Crippen LogP contribution in [0.25, 0.3) is 0 Å². The number of unbranched alkanes of at least 4 members (excludes halogenated alkanes) is 6. The predicted octanol–water partition coefficient (Wildman–Crippen LogP) is 4.08. The van der Waals surface area contributed by atoms with Gasteiger partial charge in [-0.15, -0.1) is 0 Å². The molecule has 0 aliphatic rings. The molecule has 0 aliphatic heterocycles. The molecule has 0 aromatic carbocycles. The van der Waals surface area contributed by atoms with Gasteiger partial charge in [-0.05, 0) is 19.2 Å². The van der Waals surface area contributed by atoms with Crippen molar-refractivity contribution in [1.82, 2.24) is 5.32 Å². The molecule has 15 heavy (non-hydrogen) atoms. The minimum absolute atomic E-state index is 0.759. The van der Waals surface area contributed by atoms with Gasteiger partial charge in [0.15, 0.2) is 0 Å². The topological polar surface area (TPSA) is 12.0 Å². The normalized spacial score (nSPS) is 13.0. The second-order valence-electron chi connectivity index (χ2n) is 4.37. The number of hydrogen-bond donors (Lipinski definition) is 1. The third-order valence-electron chi connectivity index (χ3n) is 2.79. The van der Waals surface area contributed by atoms with E-state index in [1.807, 2.05) is 11.8 Å². The van der Waals surface area contributed by atoms with Gasteiger partial charge in [0, 0.05) is 11.8 Å². The number of hydrogen-bond acceptors (Lipinski definition) is 2. The van der Waals surface area contributed by atoms with Crippen molar-refractivity contribution in [2.45, 2.75) is 64.0 Å². The van der Waals surface area contributed by atoms with Crippen molar-refractivity contribution < 1.29 is 0 Å². The molecular formula is C13H29NS. The number of rotatable bonds is 11. The highest BCUT2D eigenvalue weighted by molar-refractivity contribution is 7.99. The summed E-state index contributed by atoms with van der Waals surface area (Å²) in [6.07, 6.45) is 12.0. The van der Waals surface area contributed by atoms with Crippen LogP contribution >= 0.6 is 11.8 Å². The van der Waals surface area contributed by atoms with Crippen molar-refractivity contribution >= 4 is 11.8 Å². The van der Waals surface area contributed by atoms with E-state index in [4.69, 9.17) is 0 Å². The van der Waals surface area contributed by atoms with Gasteiger partial charge in [0.1, 0.15) is 0 Å². The van der Waals surface area contributed by atoms with Crippen molar-refractivity contribution in [3.63, 3.8) is 0 Å². The standard InChI is InChI=1S/C13H29NS/c1-4-5-6-7-8-9-10-11-14-12-13(2)15-3/h13-14H,4-12H2,1-3H3. The average Bonchev–Trinajstić information content (AvgIpc) is 2.26. The van der Waals surface area contributed by atoms with Gasteiger partial charge in [0.25, 0.3) is 0 Å². The Kier molecular flexibility index (Phi) is 12.6. The summed E-state index contributed by atoms with van der Waals surface area (Å²) in [6, 6.07) is 0. The van der Waals surface area contributed by atoms with Gasteiger partial charge in [-0.2, -0.15) is 11.8 Å². The summed E-state index contributed by atoms with van der Waals surface area (Å²) < 4.78 is 0. The SMILES string of the molecule is CCCCCCCCCNCC(C)SC. The first-order chi connectivity index (χ1) is 7.31. The van der Waals surface area contributed by atoms with Crippen LogP contribution in [-0.4, -0.2) is 24.6 Å². The summed E-state index contributed by atoms with van der Waals surface area (Å²) >= 11 is 1.94.